The molecule has 0 saturated heterocycles. The van der Waals surface area contributed by atoms with Gasteiger partial charge in [0.05, 0.1) is 16.9 Å². The van der Waals surface area contributed by atoms with Crippen molar-refractivity contribution in [1.82, 2.24) is 5.32 Å². The van der Waals surface area contributed by atoms with Crippen LogP contribution in [0.4, 0.5) is 5.69 Å². The highest BCUT2D eigenvalue weighted by atomic mass is 32.2. The summed E-state index contributed by atoms with van der Waals surface area (Å²) in [7, 11) is 1.86. The monoisotopic (exact) mass is 516 g/mol. The number of aryl methyl sites for hydroxylation is 2. The Labute approximate surface area is 214 Å². The van der Waals surface area contributed by atoms with E-state index in [0.717, 1.165) is 27.3 Å². The van der Waals surface area contributed by atoms with Gasteiger partial charge in [-0.25, -0.2) is 9.59 Å². The van der Waals surface area contributed by atoms with Crippen molar-refractivity contribution < 1.29 is 34.1 Å². The summed E-state index contributed by atoms with van der Waals surface area (Å²) in [6.07, 6.45) is -0.892. The third-order valence-corrected chi connectivity index (χ3v) is 6.69. The van der Waals surface area contributed by atoms with Crippen molar-refractivity contribution in [1.29, 1.82) is 0 Å². The highest BCUT2D eigenvalue weighted by Gasteiger charge is 2.41. The SMILES string of the molecule is CNCCN1C(=O)[C@@H](OC(=O)C(C)C)[C@@H](c2ccc(C)cc2)Sc2cc(C)ccc21.O=C(O)C(=O)O. The number of nitrogens with zero attached hydrogens (tertiary/aromatic N) is 1. The van der Waals surface area contributed by atoms with Crippen LogP contribution in [-0.4, -0.2) is 60.3 Å². The second-order valence-electron chi connectivity index (χ2n) is 8.64. The number of fused-ring (bicyclic) bond motifs is 1. The number of likely N-dealkylation sites (N-methyl/N-ethyl adjacent to an activating group) is 1. The second kappa shape index (κ2) is 13.1. The summed E-state index contributed by atoms with van der Waals surface area (Å²) in [6, 6.07) is 14.2. The average molecular weight is 517 g/mol. The first-order chi connectivity index (χ1) is 17.0. The zero-order chi connectivity index (χ0) is 27.0. The fourth-order valence-corrected chi connectivity index (χ4v) is 4.78. The molecule has 0 aromatic heterocycles. The van der Waals surface area contributed by atoms with Crippen LogP contribution < -0.4 is 10.2 Å². The van der Waals surface area contributed by atoms with E-state index in [4.69, 9.17) is 24.5 Å². The minimum absolute atomic E-state index is 0.181. The Morgan fingerprint density at radius 1 is 1.03 bits per heavy atom. The van der Waals surface area contributed by atoms with Gasteiger partial charge >= 0.3 is 17.9 Å². The number of nitrogens with one attached hydrogen (secondary N) is 1. The largest absolute Gasteiger partial charge is 0.473 e. The summed E-state index contributed by atoms with van der Waals surface area (Å²) < 4.78 is 5.84. The van der Waals surface area contributed by atoms with Gasteiger partial charge in [-0.15, -0.1) is 11.8 Å². The van der Waals surface area contributed by atoms with E-state index >= 15 is 0 Å². The van der Waals surface area contributed by atoms with Crippen LogP contribution in [0.25, 0.3) is 0 Å². The number of anilines is 1. The molecule has 10 heteroatoms. The number of hydrogen-bond donors (Lipinski definition) is 3. The Bertz CT molecular complexity index is 1090. The van der Waals surface area contributed by atoms with Crippen molar-refractivity contribution in [3.63, 3.8) is 0 Å². The first kappa shape index (κ1) is 28.9. The van der Waals surface area contributed by atoms with Crippen LogP contribution in [0.2, 0.25) is 0 Å². The highest BCUT2D eigenvalue weighted by Crippen LogP contribution is 2.47. The van der Waals surface area contributed by atoms with E-state index < -0.39 is 18.0 Å². The summed E-state index contributed by atoms with van der Waals surface area (Å²) in [5, 5.41) is 17.6. The van der Waals surface area contributed by atoms with Gasteiger partial charge in [0, 0.05) is 18.0 Å². The maximum absolute atomic E-state index is 13.7. The molecule has 2 aromatic carbocycles. The molecule has 3 N–H and O–H groups in total. The van der Waals surface area contributed by atoms with Gasteiger partial charge in [-0.1, -0.05) is 49.7 Å². The van der Waals surface area contributed by atoms with E-state index in [1.807, 2.05) is 57.3 Å². The van der Waals surface area contributed by atoms with Crippen molar-refractivity contribution in [2.45, 2.75) is 43.9 Å². The number of hydrogen-bond acceptors (Lipinski definition) is 7. The second-order valence-corrected chi connectivity index (χ2v) is 9.82. The molecule has 1 heterocycles. The van der Waals surface area contributed by atoms with Gasteiger partial charge in [0.1, 0.15) is 0 Å². The van der Waals surface area contributed by atoms with Gasteiger partial charge in [0.15, 0.2) is 6.10 Å². The molecule has 2 atom stereocenters. The number of aliphatic carboxylic acids is 2. The normalized spacial score (nSPS) is 16.9. The number of carboxylic acids is 2. The molecule has 0 unspecified atom stereocenters. The van der Waals surface area contributed by atoms with Crippen LogP contribution in [0.5, 0.6) is 0 Å². The number of thioether (sulfide) groups is 1. The van der Waals surface area contributed by atoms with E-state index in [9.17, 15) is 9.59 Å². The number of carboxylic acid groups (broad SMARTS) is 2. The molecule has 0 radical (unpaired) electrons. The van der Waals surface area contributed by atoms with E-state index in [1.165, 1.54) is 0 Å². The Hall–Kier alpha value is -3.37. The summed E-state index contributed by atoms with van der Waals surface area (Å²) in [4.78, 5) is 47.2. The van der Waals surface area contributed by atoms with Gasteiger partial charge in [-0.05, 0) is 44.2 Å². The number of esters is 1. The van der Waals surface area contributed by atoms with E-state index in [1.54, 1.807) is 30.5 Å². The molecule has 1 amide bonds. The maximum atomic E-state index is 13.7. The maximum Gasteiger partial charge on any atom is 0.414 e. The lowest BCUT2D eigenvalue weighted by Crippen LogP contribution is -2.45. The highest BCUT2D eigenvalue weighted by molar-refractivity contribution is 7.99. The lowest BCUT2D eigenvalue weighted by Gasteiger charge is -2.28. The lowest BCUT2D eigenvalue weighted by molar-refractivity contribution is -0.159. The van der Waals surface area contributed by atoms with E-state index in [-0.39, 0.29) is 23.0 Å². The van der Waals surface area contributed by atoms with Crippen molar-refractivity contribution in [3.8, 4) is 0 Å². The Morgan fingerprint density at radius 2 is 1.61 bits per heavy atom. The third kappa shape index (κ3) is 7.56. The third-order valence-electron chi connectivity index (χ3n) is 5.33. The summed E-state index contributed by atoms with van der Waals surface area (Å²) >= 11 is 1.59. The zero-order valence-electron chi connectivity index (χ0n) is 21.0. The van der Waals surface area contributed by atoms with Crippen LogP contribution >= 0.6 is 11.8 Å². The predicted octanol–water partition coefficient (Wildman–Crippen LogP) is 3.43. The molecular weight excluding hydrogens is 484 g/mol. The number of benzene rings is 2. The number of rotatable bonds is 6. The van der Waals surface area contributed by atoms with E-state index in [2.05, 4.69) is 11.4 Å². The summed E-state index contributed by atoms with van der Waals surface area (Å²) in [5.41, 5.74) is 4.11. The predicted molar refractivity (Wildman–Crippen MR) is 137 cm³/mol. The Balaban J connectivity index is 0.000000678. The standard InChI is InChI=1S/C24H30N2O3S.C2H2O4/c1-15(2)24(28)29-21-22(18-9-6-16(3)7-10-18)30-20-14-17(4)8-11-19(20)26(23(21)27)13-12-25-5;3-1(4)2(5)6/h6-11,14-15,21-22,25H,12-13H2,1-5H3;(H,3,4)(H,5,6)/t21-,22+;/m0./s1. The molecule has 1 aliphatic heterocycles. The van der Waals surface area contributed by atoms with Crippen LogP contribution in [0, 0.1) is 19.8 Å². The molecule has 0 saturated carbocycles. The number of carbonyl (C=O) groups excluding carboxylic acids is 2. The van der Waals surface area contributed by atoms with Crippen molar-refractivity contribution in [2.24, 2.45) is 5.92 Å². The summed E-state index contributed by atoms with van der Waals surface area (Å²) in [5.74, 6) is -4.49. The molecule has 0 spiro atoms. The topological polar surface area (TPSA) is 133 Å². The molecule has 0 fully saturated rings. The van der Waals surface area contributed by atoms with Crippen molar-refractivity contribution in [2.75, 3.05) is 25.0 Å². The lowest BCUT2D eigenvalue weighted by atomic mass is 10.0. The first-order valence-corrected chi connectivity index (χ1v) is 12.3. The molecule has 3 rings (SSSR count). The molecule has 2 aromatic rings. The van der Waals surface area contributed by atoms with Gasteiger partial charge in [-0.2, -0.15) is 0 Å². The molecular formula is C26H32N2O7S. The van der Waals surface area contributed by atoms with Gasteiger partial charge in [-0.3, -0.25) is 9.59 Å². The Kier molecular flexibility index (Phi) is 10.5. The van der Waals surface area contributed by atoms with Gasteiger partial charge < -0.3 is 25.2 Å². The molecule has 194 valence electrons. The fraction of sp³-hybridized carbons (Fsp3) is 0.385. The minimum Gasteiger partial charge on any atom is -0.473 e. The molecule has 9 nitrogen and oxygen atoms in total. The smallest absolute Gasteiger partial charge is 0.414 e. The van der Waals surface area contributed by atoms with E-state index in [0.29, 0.717) is 13.1 Å². The van der Waals surface area contributed by atoms with Crippen molar-refractivity contribution in [3.05, 3.63) is 59.2 Å². The van der Waals surface area contributed by atoms with Crippen LogP contribution in [0.15, 0.2) is 47.4 Å². The molecule has 1 aliphatic rings. The zero-order valence-corrected chi connectivity index (χ0v) is 21.8. The van der Waals surface area contributed by atoms with Crippen LogP contribution in [0.3, 0.4) is 0 Å². The number of amides is 1. The van der Waals surface area contributed by atoms with Crippen molar-refractivity contribution >= 4 is 41.3 Å². The molecule has 0 aliphatic carbocycles. The first-order valence-electron chi connectivity index (χ1n) is 11.4. The van der Waals surface area contributed by atoms with Crippen LogP contribution in [0.1, 0.15) is 35.8 Å². The average Bonchev–Trinajstić information content (AvgIpc) is 2.93. The summed E-state index contributed by atoms with van der Waals surface area (Å²) in [6.45, 7) is 8.79. The Morgan fingerprint density at radius 3 is 2.14 bits per heavy atom. The number of carbonyl (C=O) groups is 4. The number of ether oxygens (including phenoxy) is 1. The quantitative estimate of drug-likeness (QED) is 0.390. The fourth-order valence-electron chi connectivity index (χ4n) is 3.37. The van der Waals surface area contributed by atoms with Gasteiger partial charge in [0.2, 0.25) is 0 Å². The minimum atomic E-state index is -1.82. The molecule has 0 bridgehead atoms. The molecule has 36 heavy (non-hydrogen) atoms. The van der Waals surface area contributed by atoms with Crippen LogP contribution in [-0.2, 0) is 23.9 Å². The van der Waals surface area contributed by atoms with Gasteiger partial charge in [0.25, 0.3) is 5.91 Å².